The first-order valence-corrected chi connectivity index (χ1v) is 7.41. The van der Waals surface area contributed by atoms with Crippen LogP contribution in [0.2, 0.25) is 0 Å². The van der Waals surface area contributed by atoms with Crippen LogP contribution < -0.4 is 0 Å². The van der Waals surface area contributed by atoms with E-state index in [9.17, 15) is 10.4 Å². The summed E-state index contributed by atoms with van der Waals surface area (Å²) in [5.41, 5.74) is -1.33. The summed E-state index contributed by atoms with van der Waals surface area (Å²) in [6.07, 6.45) is 8.55. The molecule has 0 spiro atoms. The van der Waals surface area contributed by atoms with E-state index in [4.69, 9.17) is 4.74 Å². The molecule has 0 aromatic carbocycles. The average Bonchev–Trinajstić information content (AvgIpc) is 2.40. The number of nitriles is 1. The number of rotatable bonds is 3. The molecular formula is C15H25NO2. The van der Waals surface area contributed by atoms with E-state index < -0.39 is 11.0 Å². The van der Waals surface area contributed by atoms with Crippen molar-refractivity contribution in [1.82, 2.24) is 0 Å². The topological polar surface area (TPSA) is 53.2 Å². The molecule has 1 aliphatic carbocycles. The van der Waals surface area contributed by atoms with Crippen LogP contribution in [-0.4, -0.2) is 23.4 Å². The second-order valence-corrected chi connectivity index (χ2v) is 6.02. The molecule has 1 N–H and O–H groups in total. The average molecular weight is 251 g/mol. The smallest absolute Gasteiger partial charge is 0.0879 e. The highest BCUT2D eigenvalue weighted by Crippen LogP contribution is 2.49. The second kappa shape index (κ2) is 5.59. The molecule has 2 aliphatic rings. The van der Waals surface area contributed by atoms with E-state index >= 15 is 0 Å². The lowest BCUT2D eigenvalue weighted by molar-refractivity contribution is -0.161. The van der Waals surface area contributed by atoms with Crippen molar-refractivity contribution < 1.29 is 9.84 Å². The maximum absolute atomic E-state index is 11.0. The molecule has 3 nitrogen and oxygen atoms in total. The van der Waals surface area contributed by atoms with Gasteiger partial charge in [-0.2, -0.15) is 5.26 Å². The summed E-state index contributed by atoms with van der Waals surface area (Å²) in [6.45, 7) is 2.74. The first-order chi connectivity index (χ1) is 8.66. The third kappa shape index (κ3) is 2.41. The van der Waals surface area contributed by atoms with Gasteiger partial charge in [0, 0.05) is 19.4 Å². The van der Waals surface area contributed by atoms with Crippen molar-refractivity contribution in [3.63, 3.8) is 0 Å². The highest BCUT2D eigenvalue weighted by atomic mass is 16.5. The predicted octanol–water partition coefficient (Wildman–Crippen LogP) is 3.17. The number of hydrogen-bond acceptors (Lipinski definition) is 3. The molecule has 18 heavy (non-hydrogen) atoms. The van der Waals surface area contributed by atoms with E-state index in [1.54, 1.807) is 0 Å². The Kier molecular flexibility index (Phi) is 4.29. The number of aliphatic hydroxyl groups is 1. The zero-order valence-electron chi connectivity index (χ0n) is 11.5. The molecular weight excluding hydrogens is 226 g/mol. The van der Waals surface area contributed by atoms with Gasteiger partial charge >= 0.3 is 0 Å². The van der Waals surface area contributed by atoms with Crippen LogP contribution in [0.1, 0.15) is 64.7 Å². The summed E-state index contributed by atoms with van der Waals surface area (Å²) in [7, 11) is 0. The lowest BCUT2D eigenvalue weighted by Crippen LogP contribution is -2.54. The quantitative estimate of drug-likeness (QED) is 0.838. The van der Waals surface area contributed by atoms with Gasteiger partial charge in [-0.3, -0.25) is 0 Å². The molecule has 3 heteroatoms. The third-order valence-corrected chi connectivity index (χ3v) is 4.86. The Hall–Kier alpha value is -0.590. The van der Waals surface area contributed by atoms with E-state index in [1.165, 1.54) is 6.42 Å². The van der Waals surface area contributed by atoms with Gasteiger partial charge in [-0.05, 0) is 19.3 Å². The van der Waals surface area contributed by atoms with Crippen LogP contribution in [-0.2, 0) is 4.74 Å². The van der Waals surface area contributed by atoms with Crippen molar-refractivity contribution in [1.29, 1.82) is 5.26 Å². The number of ether oxygens (including phenoxy) is 1. The van der Waals surface area contributed by atoms with Crippen molar-refractivity contribution >= 4 is 0 Å². The highest BCUT2D eigenvalue weighted by molar-refractivity contribution is 5.13. The minimum atomic E-state index is -0.819. The van der Waals surface area contributed by atoms with Crippen molar-refractivity contribution in [2.75, 3.05) is 6.61 Å². The first kappa shape index (κ1) is 13.8. The van der Waals surface area contributed by atoms with E-state index in [-0.39, 0.29) is 6.10 Å². The van der Waals surface area contributed by atoms with Gasteiger partial charge < -0.3 is 9.84 Å². The molecule has 2 fully saturated rings. The lowest BCUT2D eigenvalue weighted by Gasteiger charge is -2.48. The monoisotopic (exact) mass is 251 g/mol. The Morgan fingerprint density at radius 2 is 2.00 bits per heavy atom. The van der Waals surface area contributed by atoms with Crippen molar-refractivity contribution in [2.45, 2.75) is 76.4 Å². The SMILES string of the molecule is CCCC1CC(O)(C2(C#N)CCCCC2)CCO1. The Morgan fingerprint density at radius 1 is 1.28 bits per heavy atom. The van der Waals surface area contributed by atoms with E-state index in [0.29, 0.717) is 19.4 Å². The Labute approximate surface area is 110 Å². The van der Waals surface area contributed by atoms with Gasteiger partial charge in [-0.25, -0.2) is 0 Å². The molecule has 2 unspecified atom stereocenters. The van der Waals surface area contributed by atoms with Crippen LogP contribution in [0.25, 0.3) is 0 Å². The Balaban J connectivity index is 2.15. The summed E-state index contributed by atoms with van der Waals surface area (Å²) >= 11 is 0. The maximum atomic E-state index is 11.0. The summed E-state index contributed by atoms with van der Waals surface area (Å²) in [4.78, 5) is 0. The molecule has 0 aromatic rings. The van der Waals surface area contributed by atoms with E-state index in [1.807, 2.05) is 0 Å². The van der Waals surface area contributed by atoms with Crippen LogP contribution in [0.5, 0.6) is 0 Å². The zero-order chi connectivity index (χ0) is 13.1. The Bertz CT molecular complexity index is 315. The second-order valence-electron chi connectivity index (χ2n) is 6.02. The standard InChI is InChI=1S/C15H25NO2/c1-2-6-13-11-15(17,9-10-18-13)14(12-16)7-4-3-5-8-14/h13,17H,2-11H2,1H3. The van der Waals surface area contributed by atoms with E-state index in [2.05, 4.69) is 13.0 Å². The highest BCUT2D eigenvalue weighted by Gasteiger charge is 2.53. The first-order valence-electron chi connectivity index (χ1n) is 7.41. The van der Waals surface area contributed by atoms with Crippen molar-refractivity contribution in [3.05, 3.63) is 0 Å². The van der Waals surface area contributed by atoms with Gasteiger partial charge in [0.05, 0.1) is 23.2 Å². The number of hydrogen-bond donors (Lipinski definition) is 1. The van der Waals surface area contributed by atoms with Gasteiger partial charge in [-0.15, -0.1) is 0 Å². The molecule has 0 bridgehead atoms. The van der Waals surface area contributed by atoms with Crippen molar-refractivity contribution in [2.24, 2.45) is 5.41 Å². The van der Waals surface area contributed by atoms with Gasteiger partial charge in [0.2, 0.25) is 0 Å². The van der Waals surface area contributed by atoms with Gasteiger partial charge in [0.1, 0.15) is 0 Å². The summed E-state index contributed by atoms with van der Waals surface area (Å²) in [6, 6.07) is 2.48. The van der Waals surface area contributed by atoms with Gasteiger partial charge in [0.15, 0.2) is 0 Å². The largest absolute Gasteiger partial charge is 0.388 e. The van der Waals surface area contributed by atoms with E-state index in [0.717, 1.165) is 38.5 Å². The molecule has 0 amide bonds. The fourth-order valence-corrected chi connectivity index (χ4v) is 3.71. The van der Waals surface area contributed by atoms with Crippen molar-refractivity contribution in [3.8, 4) is 6.07 Å². The molecule has 2 atom stereocenters. The van der Waals surface area contributed by atoms with Gasteiger partial charge in [-0.1, -0.05) is 32.6 Å². The van der Waals surface area contributed by atoms with Crippen LogP contribution in [0.3, 0.4) is 0 Å². The molecule has 1 aliphatic heterocycles. The fraction of sp³-hybridized carbons (Fsp3) is 0.933. The Morgan fingerprint density at radius 3 is 2.61 bits per heavy atom. The third-order valence-electron chi connectivity index (χ3n) is 4.86. The zero-order valence-corrected chi connectivity index (χ0v) is 11.5. The molecule has 0 aromatic heterocycles. The molecule has 1 heterocycles. The van der Waals surface area contributed by atoms with Gasteiger partial charge in [0.25, 0.3) is 0 Å². The van der Waals surface area contributed by atoms with Crippen LogP contribution >= 0.6 is 0 Å². The minimum Gasteiger partial charge on any atom is -0.388 e. The number of nitrogens with zero attached hydrogens (tertiary/aromatic N) is 1. The maximum Gasteiger partial charge on any atom is 0.0879 e. The predicted molar refractivity (Wildman–Crippen MR) is 70.0 cm³/mol. The lowest BCUT2D eigenvalue weighted by atomic mass is 9.60. The van der Waals surface area contributed by atoms with Crippen LogP contribution in [0.4, 0.5) is 0 Å². The summed E-state index contributed by atoms with van der Waals surface area (Å²) in [5.74, 6) is 0. The van der Waals surface area contributed by atoms with Crippen LogP contribution in [0.15, 0.2) is 0 Å². The molecule has 1 saturated heterocycles. The molecule has 0 radical (unpaired) electrons. The molecule has 2 rings (SSSR count). The van der Waals surface area contributed by atoms with Crippen LogP contribution in [0, 0.1) is 16.7 Å². The normalized spacial score (nSPS) is 35.9. The summed E-state index contributed by atoms with van der Waals surface area (Å²) < 4.78 is 5.72. The molecule has 102 valence electrons. The molecule has 1 saturated carbocycles. The fourth-order valence-electron chi connectivity index (χ4n) is 3.71. The summed E-state index contributed by atoms with van der Waals surface area (Å²) in [5, 5.41) is 20.7. The minimum absolute atomic E-state index is 0.140.